The number of halogens is 1. The second-order valence-corrected chi connectivity index (χ2v) is 5.95. The lowest BCUT2D eigenvalue weighted by Gasteiger charge is -2.05. The lowest BCUT2D eigenvalue weighted by Crippen LogP contribution is -1.94. The van der Waals surface area contributed by atoms with Gasteiger partial charge in [0.1, 0.15) is 9.88 Å². The molecular formula is C13H12BrNO2S. The Kier molecular flexibility index (Phi) is 3.54. The molecule has 0 fully saturated rings. The molecule has 2 aromatic rings. The van der Waals surface area contributed by atoms with Crippen LogP contribution in [-0.2, 0) is 0 Å². The molecule has 94 valence electrons. The monoisotopic (exact) mass is 325 g/mol. The van der Waals surface area contributed by atoms with E-state index in [2.05, 4.69) is 20.9 Å². The van der Waals surface area contributed by atoms with Crippen LogP contribution in [-0.4, -0.2) is 16.1 Å². The number of benzene rings is 1. The van der Waals surface area contributed by atoms with Crippen LogP contribution in [0.25, 0.3) is 10.6 Å². The Morgan fingerprint density at radius 3 is 2.28 bits per heavy atom. The van der Waals surface area contributed by atoms with Crippen molar-refractivity contribution >= 4 is 33.2 Å². The first-order valence-electron chi connectivity index (χ1n) is 5.38. The zero-order chi connectivity index (χ0) is 13.4. The highest BCUT2D eigenvalue weighted by atomic mass is 79.9. The second kappa shape index (κ2) is 4.82. The van der Waals surface area contributed by atoms with Crippen molar-refractivity contribution in [3.63, 3.8) is 0 Å². The van der Waals surface area contributed by atoms with Gasteiger partial charge < -0.3 is 5.11 Å². The zero-order valence-electron chi connectivity index (χ0n) is 10.2. The summed E-state index contributed by atoms with van der Waals surface area (Å²) in [6.45, 7) is 5.75. The molecule has 0 aliphatic heterocycles. The second-order valence-electron chi connectivity index (χ2n) is 4.16. The number of thiazole rings is 1. The van der Waals surface area contributed by atoms with E-state index < -0.39 is 5.97 Å². The van der Waals surface area contributed by atoms with Crippen LogP contribution >= 0.6 is 27.3 Å². The summed E-state index contributed by atoms with van der Waals surface area (Å²) >= 11 is 4.74. The molecule has 0 saturated heterocycles. The molecule has 1 aromatic heterocycles. The van der Waals surface area contributed by atoms with E-state index in [4.69, 9.17) is 5.11 Å². The van der Waals surface area contributed by atoms with E-state index in [0.29, 0.717) is 10.6 Å². The summed E-state index contributed by atoms with van der Waals surface area (Å²) in [5.74, 6) is -0.915. The minimum absolute atomic E-state index is 0.309. The third-order valence-corrected chi connectivity index (χ3v) is 5.12. The molecule has 0 aliphatic rings. The van der Waals surface area contributed by atoms with Crippen LogP contribution in [0.3, 0.4) is 0 Å². The molecule has 0 spiro atoms. The Hall–Kier alpha value is -1.20. The number of carbonyl (C=O) groups is 1. The Balaban J connectivity index is 2.56. The number of rotatable bonds is 2. The molecule has 1 heterocycles. The van der Waals surface area contributed by atoms with Crippen LogP contribution in [0.4, 0.5) is 0 Å². The Morgan fingerprint density at radius 1 is 1.28 bits per heavy atom. The molecule has 0 aliphatic carbocycles. The Bertz CT molecular complexity index is 611. The van der Waals surface area contributed by atoms with Gasteiger partial charge in [0.15, 0.2) is 0 Å². The highest BCUT2D eigenvalue weighted by molar-refractivity contribution is 9.10. The Labute approximate surface area is 118 Å². The lowest BCUT2D eigenvalue weighted by molar-refractivity contribution is 0.0701. The number of aromatic carboxylic acids is 1. The van der Waals surface area contributed by atoms with Gasteiger partial charge in [-0.2, -0.15) is 0 Å². The van der Waals surface area contributed by atoms with Gasteiger partial charge in [0.05, 0.1) is 5.69 Å². The molecule has 2 rings (SSSR count). The van der Waals surface area contributed by atoms with E-state index in [-0.39, 0.29) is 0 Å². The third-order valence-electron chi connectivity index (χ3n) is 2.67. The van der Waals surface area contributed by atoms with Gasteiger partial charge in [-0.15, -0.1) is 11.3 Å². The van der Waals surface area contributed by atoms with E-state index in [1.54, 1.807) is 6.92 Å². The number of carboxylic acids is 1. The average molecular weight is 326 g/mol. The van der Waals surface area contributed by atoms with Crippen molar-refractivity contribution in [3.05, 3.63) is 38.3 Å². The SMILES string of the molecule is Cc1cc(-c2nc(C)c(C(=O)O)s2)cc(C)c1Br. The average Bonchev–Trinajstić information content (AvgIpc) is 2.67. The van der Waals surface area contributed by atoms with Gasteiger partial charge in [0.25, 0.3) is 0 Å². The summed E-state index contributed by atoms with van der Waals surface area (Å²) < 4.78 is 1.08. The summed E-state index contributed by atoms with van der Waals surface area (Å²) in [5.41, 5.74) is 3.78. The maximum Gasteiger partial charge on any atom is 0.347 e. The number of aryl methyl sites for hydroxylation is 3. The molecule has 0 radical (unpaired) electrons. The number of carboxylic acid groups (broad SMARTS) is 1. The minimum Gasteiger partial charge on any atom is -0.477 e. The molecule has 5 heteroatoms. The van der Waals surface area contributed by atoms with Gasteiger partial charge in [-0.1, -0.05) is 15.9 Å². The smallest absolute Gasteiger partial charge is 0.347 e. The number of hydrogen-bond acceptors (Lipinski definition) is 3. The van der Waals surface area contributed by atoms with Crippen molar-refractivity contribution in [1.29, 1.82) is 0 Å². The fourth-order valence-electron chi connectivity index (χ4n) is 1.79. The molecule has 3 nitrogen and oxygen atoms in total. The minimum atomic E-state index is -0.915. The van der Waals surface area contributed by atoms with Gasteiger partial charge in [-0.25, -0.2) is 9.78 Å². The molecule has 0 unspecified atom stereocenters. The molecule has 18 heavy (non-hydrogen) atoms. The topological polar surface area (TPSA) is 50.2 Å². The molecule has 0 bridgehead atoms. The molecule has 1 aromatic carbocycles. The largest absolute Gasteiger partial charge is 0.477 e. The fourth-order valence-corrected chi connectivity index (χ4v) is 2.91. The first-order chi connectivity index (χ1) is 8.40. The van der Waals surface area contributed by atoms with E-state index in [1.807, 2.05) is 26.0 Å². The van der Waals surface area contributed by atoms with E-state index in [1.165, 1.54) is 11.3 Å². The van der Waals surface area contributed by atoms with Gasteiger partial charge in [0, 0.05) is 10.0 Å². The van der Waals surface area contributed by atoms with Gasteiger partial charge in [0.2, 0.25) is 0 Å². The highest BCUT2D eigenvalue weighted by Crippen LogP contribution is 2.32. The van der Waals surface area contributed by atoms with Gasteiger partial charge >= 0.3 is 5.97 Å². The standard InChI is InChI=1S/C13H12BrNO2S/c1-6-4-9(5-7(2)10(6)14)12-15-8(3)11(18-12)13(16)17/h4-5H,1-3H3,(H,16,17). The Morgan fingerprint density at radius 2 is 1.83 bits per heavy atom. The quantitative estimate of drug-likeness (QED) is 0.900. The van der Waals surface area contributed by atoms with Crippen molar-refractivity contribution in [2.45, 2.75) is 20.8 Å². The van der Waals surface area contributed by atoms with Crippen LogP contribution in [0.5, 0.6) is 0 Å². The summed E-state index contributed by atoms with van der Waals surface area (Å²) in [6, 6.07) is 4.03. The number of hydrogen-bond donors (Lipinski definition) is 1. The van der Waals surface area contributed by atoms with Crippen molar-refractivity contribution in [1.82, 2.24) is 4.98 Å². The summed E-state index contributed by atoms with van der Waals surface area (Å²) in [4.78, 5) is 15.7. The van der Waals surface area contributed by atoms with Crippen molar-refractivity contribution in [3.8, 4) is 10.6 Å². The number of aromatic nitrogens is 1. The van der Waals surface area contributed by atoms with E-state index >= 15 is 0 Å². The summed E-state index contributed by atoms with van der Waals surface area (Å²) in [7, 11) is 0. The summed E-state index contributed by atoms with van der Waals surface area (Å²) in [5, 5.41) is 9.80. The fraction of sp³-hybridized carbons (Fsp3) is 0.231. The van der Waals surface area contributed by atoms with Gasteiger partial charge in [-0.3, -0.25) is 0 Å². The third kappa shape index (κ3) is 2.33. The lowest BCUT2D eigenvalue weighted by atomic mass is 10.1. The van der Waals surface area contributed by atoms with Crippen molar-refractivity contribution in [2.75, 3.05) is 0 Å². The van der Waals surface area contributed by atoms with Crippen LogP contribution in [0.15, 0.2) is 16.6 Å². The zero-order valence-corrected chi connectivity index (χ0v) is 12.6. The molecule has 0 saturated carbocycles. The first kappa shape index (κ1) is 13.2. The van der Waals surface area contributed by atoms with E-state index in [0.717, 1.165) is 26.2 Å². The molecule has 0 amide bonds. The molecular weight excluding hydrogens is 314 g/mol. The van der Waals surface area contributed by atoms with Gasteiger partial charge in [-0.05, 0) is 44.0 Å². The van der Waals surface area contributed by atoms with Crippen LogP contribution in [0.2, 0.25) is 0 Å². The number of nitrogens with zero attached hydrogens (tertiary/aromatic N) is 1. The van der Waals surface area contributed by atoms with Crippen LogP contribution in [0.1, 0.15) is 26.5 Å². The van der Waals surface area contributed by atoms with Crippen LogP contribution in [0, 0.1) is 20.8 Å². The van der Waals surface area contributed by atoms with Crippen molar-refractivity contribution in [2.24, 2.45) is 0 Å². The van der Waals surface area contributed by atoms with Crippen LogP contribution < -0.4 is 0 Å². The first-order valence-corrected chi connectivity index (χ1v) is 6.99. The normalized spacial score (nSPS) is 10.7. The maximum atomic E-state index is 11.0. The van der Waals surface area contributed by atoms with E-state index in [9.17, 15) is 4.79 Å². The molecule has 1 N–H and O–H groups in total. The molecule has 0 atom stereocenters. The summed E-state index contributed by atoms with van der Waals surface area (Å²) in [6.07, 6.45) is 0. The predicted molar refractivity (Wildman–Crippen MR) is 76.4 cm³/mol. The maximum absolute atomic E-state index is 11.0. The predicted octanol–water partition coefficient (Wildman–Crippen LogP) is 4.20. The van der Waals surface area contributed by atoms with Crippen molar-refractivity contribution < 1.29 is 9.90 Å². The highest BCUT2D eigenvalue weighted by Gasteiger charge is 2.15.